The van der Waals surface area contributed by atoms with Crippen LogP contribution in [-0.2, 0) is 20.0 Å². The normalized spacial score (nSPS) is 22.4. The average molecular weight is 317 g/mol. The molecule has 1 saturated heterocycles. The summed E-state index contributed by atoms with van der Waals surface area (Å²) < 4.78 is 1.84. The van der Waals surface area contributed by atoms with Crippen LogP contribution >= 0.6 is 0 Å². The molecular formula is C16H23N5O2. The van der Waals surface area contributed by atoms with Crippen LogP contribution in [0.25, 0.3) is 0 Å². The van der Waals surface area contributed by atoms with Gasteiger partial charge in [0.15, 0.2) is 0 Å². The molecule has 1 aliphatic heterocycles. The lowest BCUT2D eigenvalue weighted by Gasteiger charge is -2.39. The molecule has 23 heavy (non-hydrogen) atoms. The summed E-state index contributed by atoms with van der Waals surface area (Å²) in [4.78, 5) is 6.54. The van der Waals surface area contributed by atoms with E-state index in [4.69, 9.17) is 0 Å². The number of hydrogen-bond donors (Lipinski definition) is 2. The van der Waals surface area contributed by atoms with Crippen LogP contribution in [0.15, 0.2) is 18.5 Å². The molecule has 0 saturated carbocycles. The van der Waals surface area contributed by atoms with E-state index in [-0.39, 0.29) is 5.75 Å². The number of rotatable bonds is 4. The molecule has 1 aliphatic rings. The third-order valence-corrected chi connectivity index (χ3v) is 4.39. The van der Waals surface area contributed by atoms with Gasteiger partial charge in [0.2, 0.25) is 0 Å². The molecule has 2 aromatic rings. The molecule has 7 nitrogen and oxygen atoms in total. The zero-order valence-corrected chi connectivity index (χ0v) is 13.6. The van der Waals surface area contributed by atoms with Gasteiger partial charge >= 0.3 is 0 Å². The van der Waals surface area contributed by atoms with Gasteiger partial charge < -0.3 is 14.8 Å². The molecule has 7 heteroatoms. The van der Waals surface area contributed by atoms with Crippen molar-refractivity contribution in [3.8, 4) is 5.75 Å². The van der Waals surface area contributed by atoms with Crippen LogP contribution in [0.2, 0.25) is 0 Å². The van der Waals surface area contributed by atoms with Crippen molar-refractivity contribution in [3.63, 3.8) is 0 Å². The third kappa shape index (κ3) is 3.68. The summed E-state index contributed by atoms with van der Waals surface area (Å²) >= 11 is 0. The monoisotopic (exact) mass is 317 g/mol. The van der Waals surface area contributed by atoms with E-state index in [2.05, 4.69) is 20.1 Å². The van der Waals surface area contributed by atoms with Crippen LogP contribution in [0.3, 0.4) is 0 Å². The Morgan fingerprint density at radius 1 is 1.35 bits per heavy atom. The quantitative estimate of drug-likeness (QED) is 0.867. The molecule has 124 valence electrons. The zero-order valence-electron chi connectivity index (χ0n) is 13.6. The molecule has 0 aromatic carbocycles. The first kappa shape index (κ1) is 15.9. The number of nitrogens with zero attached hydrogens (tertiary/aromatic N) is 5. The Morgan fingerprint density at radius 3 is 2.91 bits per heavy atom. The van der Waals surface area contributed by atoms with Crippen LogP contribution in [0, 0.1) is 6.92 Å². The minimum atomic E-state index is -0.821. The number of aromatic nitrogens is 4. The highest BCUT2D eigenvalue weighted by molar-refractivity contribution is 5.27. The van der Waals surface area contributed by atoms with Crippen molar-refractivity contribution in [2.45, 2.75) is 38.3 Å². The van der Waals surface area contributed by atoms with E-state index >= 15 is 0 Å². The molecule has 2 aromatic heterocycles. The number of β-amino-alcohol motifs (C(OH)–C–C–N with tert-alkyl or cyclic N) is 1. The SMILES string of the molecule is Cc1ccc(O)c(CN2CCCC(O)(Cc3nncn3C)C2)n1. The average Bonchev–Trinajstić information content (AvgIpc) is 2.88. The topological polar surface area (TPSA) is 87.3 Å². The number of aliphatic hydroxyl groups is 1. The maximum absolute atomic E-state index is 10.9. The van der Waals surface area contributed by atoms with E-state index in [9.17, 15) is 10.2 Å². The molecular weight excluding hydrogens is 294 g/mol. The van der Waals surface area contributed by atoms with Gasteiger partial charge in [-0.1, -0.05) is 0 Å². The fraction of sp³-hybridized carbons (Fsp3) is 0.562. The van der Waals surface area contributed by atoms with E-state index in [1.165, 1.54) is 0 Å². The minimum Gasteiger partial charge on any atom is -0.506 e. The predicted molar refractivity (Wildman–Crippen MR) is 84.8 cm³/mol. The van der Waals surface area contributed by atoms with E-state index in [0.717, 1.165) is 30.9 Å². The molecule has 1 fully saturated rings. The molecule has 0 spiro atoms. The van der Waals surface area contributed by atoms with Crippen molar-refractivity contribution < 1.29 is 10.2 Å². The molecule has 1 atom stereocenters. The Hall–Kier alpha value is -1.99. The first-order chi connectivity index (χ1) is 11.0. The summed E-state index contributed by atoms with van der Waals surface area (Å²) in [5.74, 6) is 0.990. The van der Waals surface area contributed by atoms with Crippen molar-refractivity contribution >= 4 is 0 Å². The molecule has 3 heterocycles. The van der Waals surface area contributed by atoms with Crippen LogP contribution in [-0.4, -0.2) is 53.6 Å². The van der Waals surface area contributed by atoms with Crippen LogP contribution in [0.5, 0.6) is 5.75 Å². The lowest BCUT2D eigenvalue weighted by atomic mass is 9.89. The Bertz CT molecular complexity index is 687. The predicted octanol–water partition coefficient (Wildman–Crippen LogP) is 0.794. The Kier molecular flexibility index (Phi) is 4.32. The van der Waals surface area contributed by atoms with Crippen molar-refractivity contribution in [2.75, 3.05) is 13.1 Å². The van der Waals surface area contributed by atoms with Gasteiger partial charge in [-0.3, -0.25) is 9.88 Å². The second-order valence-electron chi connectivity index (χ2n) is 6.49. The first-order valence-electron chi connectivity index (χ1n) is 7.88. The summed E-state index contributed by atoms with van der Waals surface area (Å²) in [7, 11) is 1.88. The van der Waals surface area contributed by atoms with Crippen molar-refractivity contribution in [1.82, 2.24) is 24.6 Å². The summed E-state index contributed by atoms with van der Waals surface area (Å²) in [6.45, 7) is 3.86. The molecule has 1 unspecified atom stereocenters. The van der Waals surface area contributed by atoms with E-state index < -0.39 is 5.60 Å². The molecule has 0 radical (unpaired) electrons. The minimum absolute atomic E-state index is 0.206. The van der Waals surface area contributed by atoms with Crippen LogP contribution < -0.4 is 0 Å². The second-order valence-corrected chi connectivity index (χ2v) is 6.49. The Morgan fingerprint density at radius 2 is 2.17 bits per heavy atom. The number of pyridine rings is 1. The first-order valence-corrected chi connectivity index (χ1v) is 7.88. The summed E-state index contributed by atoms with van der Waals surface area (Å²) in [6.07, 6.45) is 3.77. The number of piperidine rings is 1. The zero-order chi connectivity index (χ0) is 16.4. The standard InChI is InChI=1S/C16H23N5O2/c1-12-4-5-14(22)13(18-12)9-21-7-3-6-16(23,10-21)8-15-19-17-11-20(15)2/h4-5,11,22-23H,3,6-10H2,1-2H3. The Balaban J connectivity index is 1.70. The molecule has 3 rings (SSSR count). The number of aromatic hydroxyl groups is 1. The van der Waals surface area contributed by atoms with Gasteiger partial charge in [-0.15, -0.1) is 10.2 Å². The maximum Gasteiger partial charge on any atom is 0.138 e. The highest BCUT2D eigenvalue weighted by Gasteiger charge is 2.35. The number of likely N-dealkylation sites (tertiary alicyclic amines) is 1. The largest absolute Gasteiger partial charge is 0.506 e. The lowest BCUT2D eigenvalue weighted by molar-refractivity contribution is -0.0349. The van der Waals surface area contributed by atoms with Crippen molar-refractivity contribution in [2.24, 2.45) is 7.05 Å². The summed E-state index contributed by atoms with van der Waals surface area (Å²) in [5, 5.41) is 28.8. The molecule has 0 bridgehead atoms. The van der Waals surface area contributed by atoms with Gasteiger partial charge in [0.1, 0.15) is 17.9 Å². The molecule has 0 amide bonds. The number of aryl methyl sites for hydroxylation is 2. The fourth-order valence-corrected chi connectivity index (χ4v) is 3.18. The maximum atomic E-state index is 10.9. The number of hydrogen-bond acceptors (Lipinski definition) is 6. The van der Waals surface area contributed by atoms with Crippen molar-refractivity contribution in [1.29, 1.82) is 0 Å². The van der Waals surface area contributed by atoms with E-state index in [1.807, 2.05) is 18.5 Å². The van der Waals surface area contributed by atoms with Gasteiger partial charge in [0.25, 0.3) is 0 Å². The van der Waals surface area contributed by atoms with Gasteiger partial charge in [-0.25, -0.2) is 0 Å². The van der Waals surface area contributed by atoms with Gasteiger partial charge in [0.05, 0.1) is 11.3 Å². The second kappa shape index (κ2) is 6.25. The highest BCUT2D eigenvalue weighted by atomic mass is 16.3. The van der Waals surface area contributed by atoms with Gasteiger partial charge in [-0.05, 0) is 38.4 Å². The van der Waals surface area contributed by atoms with Crippen LogP contribution in [0.4, 0.5) is 0 Å². The highest BCUT2D eigenvalue weighted by Crippen LogP contribution is 2.27. The van der Waals surface area contributed by atoms with E-state index in [0.29, 0.717) is 25.2 Å². The summed E-state index contributed by atoms with van der Waals surface area (Å²) in [6, 6.07) is 3.47. The molecule has 0 aliphatic carbocycles. The molecule has 2 N–H and O–H groups in total. The summed E-state index contributed by atoms with van der Waals surface area (Å²) in [5.41, 5.74) is 0.718. The smallest absolute Gasteiger partial charge is 0.138 e. The van der Waals surface area contributed by atoms with Crippen molar-refractivity contribution in [3.05, 3.63) is 35.7 Å². The van der Waals surface area contributed by atoms with Crippen LogP contribution in [0.1, 0.15) is 30.1 Å². The lowest BCUT2D eigenvalue weighted by Crippen LogP contribution is -2.49. The van der Waals surface area contributed by atoms with E-state index in [1.54, 1.807) is 18.5 Å². The van der Waals surface area contributed by atoms with Gasteiger partial charge in [0, 0.05) is 32.3 Å². The fourth-order valence-electron chi connectivity index (χ4n) is 3.18. The van der Waals surface area contributed by atoms with Gasteiger partial charge in [-0.2, -0.15) is 0 Å². The Labute approximate surface area is 135 Å². The third-order valence-electron chi connectivity index (χ3n) is 4.39.